The van der Waals surface area contributed by atoms with Crippen LogP contribution in [0.25, 0.3) is 6.08 Å². The number of benzene rings is 2. The summed E-state index contributed by atoms with van der Waals surface area (Å²) < 4.78 is 11.4. The number of hydrogen-bond donors (Lipinski definition) is 1. The van der Waals surface area contributed by atoms with E-state index in [1.807, 2.05) is 54.6 Å². The third-order valence-corrected chi connectivity index (χ3v) is 5.36. The molecule has 1 amide bonds. The third kappa shape index (κ3) is 5.49. The topological polar surface area (TPSA) is 73.3 Å². The minimum atomic E-state index is -0.246. The highest BCUT2D eigenvalue weighted by Crippen LogP contribution is 2.31. The first-order valence-corrected chi connectivity index (χ1v) is 10.3. The third-order valence-electron chi connectivity index (χ3n) is 4.43. The van der Waals surface area contributed by atoms with Crippen LogP contribution < -0.4 is 10.1 Å². The number of carbonyl (C=O) groups excluding carboxylic acids is 1. The zero-order valence-corrected chi connectivity index (χ0v) is 16.6. The summed E-state index contributed by atoms with van der Waals surface area (Å²) in [6.07, 6.45) is 5.22. The summed E-state index contributed by atoms with van der Waals surface area (Å²) in [4.78, 5) is 12.1. The number of hydrogen-bond acceptors (Lipinski definition) is 6. The molecule has 29 heavy (non-hydrogen) atoms. The van der Waals surface area contributed by atoms with Gasteiger partial charge in [0.25, 0.3) is 0 Å². The van der Waals surface area contributed by atoms with E-state index in [0.29, 0.717) is 11.7 Å². The minimum absolute atomic E-state index is 0.0105. The SMILES string of the molecule is O=C(/C=C/c1ccc(OCc2ccccc2)cc1)Nc1nnc(C2CCCO2)s1. The standard InChI is InChI=1S/C22H21N3O3S/c26-20(23-22-25-24-21(29-22)19-7-4-14-27-19)13-10-16-8-11-18(12-9-16)28-15-17-5-2-1-3-6-17/h1-3,5-6,8-13,19H,4,7,14-15H2,(H,23,25,26)/b13-10+. The molecular weight excluding hydrogens is 386 g/mol. The van der Waals surface area contributed by atoms with E-state index in [1.54, 1.807) is 6.08 Å². The van der Waals surface area contributed by atoms with Crippen LogP contribution in [0.1, 0.15) is 35.1 Å². The van der Waals surface area contributed by atoms with Gasteiger partial charge in [0, 0.05) is 12.7 Å². The largest absolute Gasteiger partial charge is 0.489 e. The average Bonchev–Trinajstić information content (AvgIpc) is 3.44. The maximum Gasteiger partial charge on any atom is 0.250 e. The molecule has 0 radical (unpaired) electrons. The van der Waals surface area contributed by atoms with E-state index in [0.717, 1.165) is 41.3 Å². The highest BCUT2D eigenvalue weighted by Gasteiger charge is 2.22. The fourth-order valence-electron chi connectivity index (χ4n) is 2.92. The van der Waals surface area contributed by atoms with Crippen LogP contribution in [0.2, 0.25) is 0 Å². The molecule has 6 nitrogen and oxygen atoms in total. The van der Waals surface area contributed by atoms with Gasteiger partial charge in [-0.05, 0) is 42.2 Å². The van der Waals surface area contributed by atoms with Crippen LogP contribution in [0.5, 0.6) is 5.75 Å². The van der Waals surface area contributed by atoms with Gasteiger partial charge in [0.2, 0.25) is 11.0 Å². The van der Waals surface area contributed by atoms with Crippen LogP contribution in [0.15, 0.2) is 60.7 Å². The molecule has 1 aliphatic rings. The van der Waals surface area contributed by atoms with Crippen molar-refractivity contribution < 1.29 is 14.3 Å². The number of carbonyl (C=O) groups is 1. The first kappa shape index (κ1) is 19.3. The molecule has 0 aliphatic carbocycles. The Hall–Kier alpha value is -3.03. The van der Waals surface area contributed by atoms with Crippen LogP contribution >= 0.6 is 11.3 Å². The molecule has 2 heterocycles. The van der Waals surface area contributed by atoms with Gasteiger partial charge in [0.05, 0.1) is 0 Å². The number of ether oxygens (including phenoxy) is 2. The van der Waals surface area contributed by atoms with Gasteiger partial charge in [-0.3, -0.25) is 10.1 Å². The van der Waals surface area contributed by atoms with E-state index >= 15 is 0 Å². The summed E-state index contributed by atoms with van der Waals surface area (Å²) in [5.74, 6) is 0.537. The van der Waals surface area contributed by atoms with Crippen molar-refractivity contribution in [2.24, 2.45) is 0 Å². The molecule has 3 aromatic rings. The number of nitrogens with zero attached hydrogens (tertiary/aromatic N) is 2. The van der Waals surface area contributed by atoms with Crippen LogP contribution in [0, 0.1) is 0 Å². The Labute approximate surface area is 173 Å². The quantitative estimate of drug-likeness (QED) is 0.579. The van der Waals surface area contributed by atoms with Gasteiger partial charge in [-0.25, -0.2) is 0 Å². The summed E-state index contributed by atoms with van der Waals surface area (Å²) in [6, 6.07) is 17.6. The van der Waals surface area contributed by atoms with Crippen molar-refractivity contribution in [2.45, 2.75) is 25.6 Å². The lowest BCUT2D eigenvalue weighted by Gasteiger charge is -2.06. The van der Waals surface area contributed by atoms with Crippen molar-refractivity contribution in [3.8, 4) is 5.75 Å². The molecule has 1 aliphatic heterocycles. The number of anilines is 1. The highest BCUT2D eigenvalue weighted by molar-refractivity contribution is 7.15. The Kier molecular flexibility index (Phi) is 6.29. The molecule has 1 saturated heterocycles. The normalized spacial score (nSPS) is 16.2. The van der Waals surface area contributed by atoms with Gasteiger partial charge in [-0.15, -0.1) is 10.2 Å². The predicted octanol–water partition coefficient (Wildman–Crippen LogP) is 4.62. The maximum absolute atomic E-state index is 12.1. The first-order valence-electron chi connectivity index (χ1n) is 9.47. The summed E-state index contributed by atoms with van der Waals surface area (Å²) in [5.41, 5.74) is 2.02. The molecule has 0 bridgehead atoms. The Balaban J connectivity index is 1.27. The Morgan fingerprint density at radius 1 is 1.17 bits per heavy atom. The molecule has 2 aromatic carbocycles. The lowest BCUT2D eigenvalue weighted by atomic mass is 10.2. The minimum Gasteiger partial charge on any atom is -0.489 e. The van der Waals surface area contributed by atoms with Gasteiger partial charge in [-0.1, -0.05) is 53.8 Å². The Morgan fingerprint density at radius 2 is 2.00 bits per heavy atom. The summed E-state index contributed by atoms with van der Waals surface area (Å²) in [6.45, 7) is 1.28. The van der Waals surface area contributed by atoms with Gasteiger partial charge >= 0.3 is 0 Å². The van der Waals surface area contributed by atoms with Crippen LogP contribution in [0.4, 0.5) is 5.13 Å². The molecule has 1 fully saturated rings. The van der Waals surface area contributed by atoms with Crippen molar-refractivity contribution in [2.75, 3.05) is 11.9 Å². The lowest BCUT2D eigenvalue weighted by molar-refractivity contribution is -0.111. The van der Waals surface area contributed by atoms with E-state index in [4.69, 9.17) is 9.47 Å². The van der Waals surface area contributed by atoms with Gasteiger partial charge in [-0.2, -0.15) is 0 Å². The smallest absolute Gasteiger partial charge is 0.250 e. The molecular formula is C22H21N3O3S. The number of nitrogens with one attached hydrogen (secondary N) is 1. The molecule has 1 N–H and O–H groups in total. The lowest BCUT2D eigenvalue weighted by Crippen LogP contribution is -2.07. The summed E-state index contributed by atoms with van der Waals surface area (Å²) in [7, 11) is 0. The fraction of sp³-hybridized carbons (Fsp3) is 0.227. The van der Waals surface area contributed by atoms with E-state index in [1.165, 1.54) is 17.4 Å². The van der Waals surface area contributed by atoms with Crippen molar-refractivity contribution in [1.82, 2.24) is 10.2 Å². The first-order chi connectivity index (χ1) is 14.3. The number of aromatic nitrogens is 2. The summed E-state index contributed by atoms with van der Waals surface area (Å²) >= 11 is 1.36. The highest BCUT2D eigenvalue weighted by atomic mass is 32.1. The monoisotopic (exact) mass is 407 g/mol. The Bertz CT molecular complexity index is 964. The van der Waals surface area contributed by atoms with Gasteiger partial charge in [0.1, 0.15) is 23.5 Å². The number of amides is 1. The molecule has 0 saturated carbocycles. The van der Waals surface area contributed by atoms with E-state index in [2.05, 4.69) is 15.5 Å². The van der Waals surface area contributed by atoms with Crippen molar-refractivity contribution in [3.05, 3.63) is 76.8 Å². The fourth-order valence-corrected chi connectivity index (χ4v) is 3.75. The van der Waals surface area contributed by atoms with Gasteiger partial charge in [0.15, 0.2) is 0 Å². The van der Waals surface area contributed by atoms with Crippen molar-refractivity contribution in [3.63, 3.8) is 0 Å². The predicted molar refractivity (Wildman–Crippen MR) is 113 cm³/mol. The van der Waals surface area contributed by atoms with Crippen molar-refractivity contribution in [1.29, 1.82) is 0 Å². The molecule has 0 spiro atoms. The van der Waals surface area contributed by atoms with Crippen LogP contribution in [0.3, 0.4) is 0 Å². The average molecular weight is 407 g/mol. The molecule has 1 aromatic heterocycles. The molecule has 7 heteroatoms. The molecule has 1 unspecified atom stereocenters. The summed E-state index contributed by atoms with van der Waals surface area (Å²) in [5, 5.41) is 12.2. The van der Waals surface area contributed by atoms with E-state index in [9.17, 15) is 4.79 Å². The zero-order chi connectivity index (χ0) is 19.9. The second-order valence-electron chi connectivity index (χ2n) is 6.61. The second kappa shape index (κ2) is 9.45. The Morgan fingerprint density at radius 3 is 2.76 bits per heavy atom. The van der Waals surface area contributed by atoms with Crippen molar-refractivity contribution >= 4 is 28.5 Å². The molecule has 148 valence electrons. The van der Waals surface area contributed by atoms with E-state index < -0.39 is 0 Å². The van der Waals surface area contributed by atoms with Crippen LogP contribution in [-0.4, -0.2) is 22.7 Å². The molecule has 1 atom stereocenters. The van der Waals surface area contributed by atoms with Crippen LogP contribution in [-0.2, 0) is 16.1 Å². The second-order valence-corrected chi connectivity index (χ2v) is 7.62. The number of rotatable bonds is 7. The maximum atomic E-state index is 12.1. The zero-order valence-electron chi connectivity index (χ0n) is 15.8. The molecule has 4 rings (SSSR count). The van der Waals surface area contributed by atoms with E-state index in [-0.39, 0.29) is 12.0 Å². The van der Waals surface area contributed by atoms with Gasteiger partial charge < -0.3 is 9.47 Å².